The molecule has 3 amide bonds. The van der Waals surface area contributed by atoms with Crippen LogP contribution in [0.3, 0.4) is 0 Å². The van der Waals surface area contributed by atoms with Crippen LogP contribution in [0.2, 0.25) is 0 Å². The average molecular weight is 420 g/mol. The smallest absolute Gasteiger partial charge is 0.319 e. The zero-order chi connectivity index (χ0) is 21.9. The van der Waals surface area contributed by atoms with E-state index in [1.807, 2.05) is 0 Å². The minimum Gasteiger partial charge on any atom is -0.319 e. The number of nitrogens with zero attached hydrogens (tertiary/aromatic N) is 5. The summed E-state index contributed by atoms with van der Waals surface area (Å²) >= 11 is 0. The second-order valence-corrected chi connectivity index (χ2v) is 7.59. The molecule has 1 atom stereocenters. The highest BCUT2D eigenvalue weighted by atomic mass is 19.1. The van der Waals surface area contributed by atoms with E-state index in [2.05, 4.69) is 15.5 Å². The molecule has 1 aliphatic rings. The lowest BCUT2D eigenvalue weighted by Gasteiger charge is -2.22. The molecule has 2 aromatic heterocycles. The molecule has 2 aromatic carbocycles. The molecule has 0 saturated carbocycles. The van der Waals surface area contributed by atoms with Crippen LogP contribution in [0.15, 0.2) is 53.3 Å². The number of para-hydroxylation sites is 1. The molecule has 5 rings (SSSR count). The lowest BCUT2D eigenvalue weighted by molar-refractivity contribution is -0.131. The Labute approximate surface area is 174 Å². The summed E-state index contributed by atoms with van der Waals surface area (Å²) < 4.78 is 16.3. The maximum atomic E-state index is 13.3. The molecule has 4 aromatic rings. The quantitative estimate of drug-likeness (QED) is 0.508. The number of halogens is 1. The van der Waals surface area contributed by atoms with Crippen LogP contribution in [0.5, 0.6) is 0 Å². The van der Waals surface area contributed by atoms with Gasteiger partial charge in [-0.05, 0) is 36.8 Å². The van der Waals surface area contributed by atoms with E-state index in [1.54, 1.807) is 42.6 Å². The van der Waals surface area contributed by atoms with Crippen molar-refractivity contribution in [2.45, 2.75) is 19.0 Å². The van der Waals surface area contributed by atoms with Gasteiger partial charge < -0.3 is 5.32 Å². The summed E-state index contributed by atoms with van der Waals surface area (Å²) in [6, 6.07) is 11.8. The van der Waals surface area contributed by atoms with Crippen molar-refractivity contribution >= 4 is 28.6 Å². The maximum absolute atomic E-state index is 13.3. The Morgan fingerprint density at radius 3 is 2.48 bits per heavy atom. The number of rotatable bonds is 3. The van der Waals surface area contributed by atoms with Gasteiger partial charge in [-0.25, -0.2) is 9.18 Å². The number of fused-ring (bicyclic) bond motifs is 3. The van der Waals surface area contributed by atoms with Crippen molar-refractivity contribution in [3.8, 4) is 0 Å². The average Bonchev–Trinajstić information content (AvgIpc) is 3.28. The molecule has 3 heterocycles. The Bertz CT molecular complexity index is 1440. The number of imide groups is 1. The van der Waals surface area contributed by atoms with E-state index < -0.39 is 23.3 Å². The van der Waals surface area contributed by atoms with Gasteiger partial charge in [0.15, 0.2) is 5.82 Å². The fourth-order valence-electron chi connectivity index (χ4n) is 3.96. The monoisotopic (exact) mass is 420 g/mol. The van der Waals surface area contributed by atoms with E-state index in [0.29, 0.717) is 28.1 Å². The van der Waals surface area contributed by atoms with Crippen LogP contribution in [0, 0.1) is 5.82 Å². The van der Waals surface area contributed by atoms with E-state index in [0.717, 1.165) is 4.90 Å². The number of benzene rings is 2. The summed E-state index contributed by atoms with van der Waals surface area (Å²) in [7, 11) is 1.59. The van der Waals surface area contributed by atoms with Gasteiger partial charge >= 0.3 is 6.03 Å². The third-order valence-corrected chi connectivity index (χ3v) is 5.69. The van der Waals surface area contributed by atoms with E-state index in [-0.39, 0.29) is 12.1 Å². The second kappa shape index (κ2) is 6.46. The standard InChI is InChI=1S/C21H17FN6O3/c1-21(12-7-9-13(22)10-8-12)18(30)27(20(31)23-21)11-16-24-25-19-26(2)17(29)14-5-3-4-6-15(14)28(16)19/h3-10H,11H2,1-2H3,(H,23,31). The predicted molar refractivity (Wildman–Crippen MR) is 109 cm³/mol. The Balaban J connectivity index is 1.59. The van der Waals surface area contributed by atoms with Gasteiger partial charge in [0, 0.05) is 7.05 Å². The van der Waals surface area contributed by atoms with Crippen molar-refractivity contribution < 1.29 is 14.0 Å². The molecule has 1 unspecified atom stereocenters. The van der Waals surface area contributed by atoms with Crippen molar-refractivity contribution in [2.24, 2.45) is 7.05 Å². The first-order valence-corrected chi connectivity index (χ1v) is 9.53. The molecule has 1 saturated heterocycles. The first-order valence-electron chi connectivity index (χ1n) is 9.53. The zero-order valence-electron chi connectivity index (χ0n) is 16.7. The van der Waals surface area contributed by atoms with Gasteiger partial charge in [0.25, 0.3) is 11.5 Å². The minimum atomic E-state index is -1.33. The Kier molecular flexibility index (Phi) is 3.94. The number of hydrogen-bond acceptors (Lipinski definition) is 5. The van der Waals surface area contributed by atoms with E-state index in [1.165, 1.54) is 28.8 Å². The number of aryl methyl sites for hydroxylation is 1. The lowest BCUT2D eigenvalue weighted by Crippen LogP contribution is -2.40. The normalized spacial score (nSPS) is 18.9. The predicted octanol–water partition coefficient (Wildman–Crippen LogP) is 1.69. The molecule has 0 radical (unpaired) electrons. The Morgan fingerprint density at radius 1 is 1.03 bits per heavy atom. The van der Waals surface area contributed by atoms with Crippen molar-refractivity contribution in [2.75, 3.05) is 0 Å². The van der Waals surface area contributed by atoms with Crippen LogP contribution in [-0.4, -0.2) is 36.0 Å². The first-order chi connectivity index (χ1) is 14.8. The van der Waals surface area contributed by atoms with Crippen molar-refractivity contribution in [3.05, 3.63) is 76.1 Å². The van der Waals surface area contributed by atoms with Gasteiger partial charge in [-0.15, -0.1) is 10.2 Å². The van der Waals surface area contributed by atoms with Crippen LogP contribution in [-0.2, 0) is 23.9 Å². The highest BCUT2D eigenvalue weighted by Crippen LogP contribution is 2.30. The SMILES string of the molecule is Cn1c(=O)c2ccccc2n2c(CN3C(=O)NC(C)(c4ccc(F)cc4)C3=O)nnc12. The Morgan fingerprint density at radius 2 is 1.74 bits per heavy atom. The highest BCUT2D eigenvalue weighted by Gasteiger charge is 2.49. The van der Waals surface area contributed by atoms with Gasteiger partial charge in [0.2, 0.25) is 5.78 Å². The summed E-state index contributed by atoms with van der Waals surface area (Å²) in [5.74, 6) is -0.302. The molecular formula is C21H17FN6O3. The number of nitrogens with one attached hydrogen (secondary N) is 1. The molecule has 0 bridgehead atoms. The molecular weight excluding hydrogens is 403 g/mol. The molecule has 9 nitrogen and oxygen atoms in total. The summed E-state index contributed by atoms with van der Waals surface area (Å²) in [6.45, 7) is 1.42. The minimum absolute atomic E-state index is 0.148. The van der Waals surface area contributed by atoms with Crippen molar-refractivity contribution in [3.63, 3.8) is 0 Å². The van der Waals surface area contributed by atoms with Gasteiger partial charge in [0.05, 0.1) is 17.4 Å². The molecule has 31 heavy (non-hydrogen) atoms. The Hall–Kier alpha value is -4.08. The van der Waals surface area contributed by atoms with Crippen LogP contribution < -0.4 is 10.9 Å². The number of aromatic nitrogens is 4. The number of urea groups is 1. The van der Waals surface area contributed by atoms with Crippen LogP contribution in [0.1, 0.15) is 18.3 Å². The summed E-state index contributed by atoms with van der Waals surface area (Å²) in [6.07, 6.45) is 0. The zero-order valence-corrected chi connectivity index (χ0v) is 16.7. The van der Waals surface area contributed by atoms with E-state index in [9.17, 15) is 18.8 Å². The third kappa shape index (κ3) is 2.64. The molecule has 1 N–H and O–H groups in total. The van der Waals surface area contributed by atoms with Crippen molar-refractivity contribution in [1.82, 2.24) is 29.4 Å². The van der Waals surface area contributed by atoms with Gasteiger partial charge in [-0.3, -0.25) is 23.5 Å². The van der Waals surface area contributed by atoms with Crippen LogP contribution in [0.4, 0.5) is 9.18 Å². The number of amides is 3. The summed E-state index contributed by atoms with van der Waals surface area (Å²) in [4.78, 5) is 39.5. The van der Waals surface area contributed by atoms with Gasteiger partial charge in [0.1, 0.15) is 11.4 Å². The second-order valence-electron chi connectivity index (χ2n) is 7.59. The number of hydrogen-bond donors (Lipinski definition) is 1. The van der Waals surface area contributed by atoms with Gasteiger partial charge in [-0.1, -0.05) is 24.3 Å². The summed E-state index contributed by atoms with van der Waals surface area (Å²) in [5.41, 5.74) is -0.510. The van der Waals surface area contributed by atoms with E-state index >= 15 is 0 Å². The topological polar surface area (TPSA) is 102 Å². The van der Waals surface area contributed by atoms with Crippen molar-refractivity contribution in [1.29, 1.82) is 0 Å². The fourth-order valence-corrected chi connectivity index (χ4v) is 3.96. The summed E-state index contributed by atoms with van der Waals surface area (Å²) in [5, 5.41) is 11.4. The first kappa shape index (κ1) is 18.9. The molecule has 0 spiro atoms. The molecule has 0 aliphatic carbocycles. The molecule has 156 valence electrons. The van der Waals surface area contributed by atoms with Crippen LogP contribution >= 0.6 is 0 Å². The molecule has 1 fully saturated rings. The lowest BCUT2D eigenvalue weighted by atomic mass is 9.92. The highest BCUT2D eigenvalue weighted by molar-refractivity contribution is 6.07. The number of carbonyl (C=O) groups is 2. The van der Waals surface area contributed by atoms with Gasteiger partial charge in [-0.2, -0.15) is 0 Å². The third-order valence-electron chi connectivity index (χ3n) is 5.69. The van der Waals surface area contributed by atoms with E-state index in [4.69, 9.17) is 0 Å². The maximum Gasteiger partial charge on any atom is 0.325 e. The van der Waals surface area contributed by atoms with Crippen LogP contribution in [0.25, 0.3) is 16.7 Å². The fraction of sp³-hybridized carbons (Fsp3) is 0.190. The number of carbonyl (C=O) groups excluding carboxylic acids is 2. The molecule has 10 heteroatoms. The largest absolute Gasteiger partial charge is 0.325 e. The molecule has 1 aliphatic heterocycles.